The van der Waals surface area contributed by atoms with Gasteiger partial charge in [0.1, 0.15) is 6.33 Å². The summed E-state index contributed by atoms with van der Waals surface area (Å²) in [6.45, 7) is 0. The maximum atomic E-state index is 10.4. The summed E-state index contributed by atoms with van der Waals surface area (Å²) in [7, 11) is 1.46. The summed E-state index contributed by atoms with van der Waals surface area (Å²) in [5.74, 6) is 0.301. The normalized spacial score (nSPS) is 9.93. The van der Waals surface area contributed by atoms with Gasteiger partial charge in [-0.3, -0.25) is 4.79 Å². The van der Waals surface area contributed by atoms with E-state index < -0.39 is 0 Å². The molecule has 0 saturated heterocycles. The van der Waals surface area contributed by atoms with Crippen molar-refractivity contribution in [1.29, 1.82) is 0 Å². The van der Waals surface area contributed by atoms with Crippen molar-refractivity contribution in [3.8, 4) is 12.0 Å². The smallest absolute Gasteiger partial charge is 0.320 e. The molecule has 0 amide bonds. The molecule has 0 aliphatic carbocycles. The van der Waals surface area contributed by atoms with Crippen LogP contribution in [0.2, 0.25) is 0 Å². The molecule has 2 aromatic rings. The van der Waals surface area contributed by atoms with Gasteiger partial charge in [0.15, 0.2) is 6.29 Å². The van der Waals surface area contributed by atoms with Crippen LogP contribution in [0.15, 0.2) is 18.7 Å². The van der Waals surface area contributed by atoms with E-state index in [0.717, 1.165) is 0 Å². The van der Waals surface area contributed by atoms with Gasteiger partial charge in [0.25, 0.3) is 5.95 Å². The molecule has 15 heavy (non-hydrogen) atoms. The van der Waals surface area contributed by atoms with Gasteiger partial charge >= 0.3 is 6.01 Å². The second-order valence-corrected chi connectivity index (χ2v) is 2.61. The first-order valence-corrected chi connectivity index (χ1v) is 4.06. The lowest BCUT2D eigenvalue weighted by Gasteiger charge is -1.99. The Morgan fingerprint density at radius 1 is 1.47 bits per heavy atom. The fraction of sp³-hybridized carbons (Fsp3) is 0.125. The molecule has 0 bridgehead atoms. The van der Waals surface area contributed by atoms with Crippen LogP contribution >= 0.6 is 0 Å². The van der Waals surface area contributed by atoms with E-state index in [1.54, 1.807) is 0 Å². The molecule has 0 saturated carbocycles. The third-order valence-electron chi connectivity index (χ3n) is 1.66. The zero-order chi connectivity index (χ0) is 10.7. The van der Waals surface area contributed by atoms with E-state index in [1.807, 2.05) is 0 Å². The number of carbonyl (C=O) groups excluding carboxylic acids is 1. The minimum absolute atomic E-state index is 0.197. The molecule has 0 unspecified atom stereocenters. The van der Waals surface area contributed by atoms with Crippen molar-refractivity contribution in [2.24, 2.45) is 0 Å². The van der Waals surface area contributed by atoms with Crippen LogP contribution in [0.4, 0.5) is 0 Å². The largest absolute Gasteiger partial charge is 0.467 e. The summed E-state index contributed by atoms with van der Waals surface area (Å²) < 4.78 is 6.21. The van der Waals surface area contributed by atoms with Crippen molar-refractivity contribution in [1.82, 2.24) is 24.7 Å². The lowest BCUT2D eigenvalue weighted by Crippen LogP contribution is -2.03. The third kappa shape index (κ3) is 1.80. The highest BCUT2D eigenvalue weighted by Crippen LogP contribution is 2.04. The molecule has 2 aromatic heterocycles. The summed E-state index contributed by atoms with van der Waals surface area (Å²) in [5, 5.41) is 3.91. The Labute approximate surface area is 84.8 Å². The standard InChI is InChI=1S/C8H7N5O2/c1-15-8-10-5-9-7(12-8)13-3-6(4-14)2-11-13/h2-5H,1H3. The molecular formula is C8H7N5O2. The molecular weight excluding hydrogens is 198 g/mol. The maximum absolute atomic E-state index is 10.4. The van der Waals surface area contributed by atoms with Crippen molar-refractivity contribution in [3.05, 3.63) is 24.3 Å². The highest BCUT2D eigenvalue weighted by molar-refractivity contribution is 5.73. The van der Waals surface area contributed by atoms with E-state index in [2.05, 4.69) is 20.1 Å². The molecule has 0 radical (unpaired) electrons. The first-order valence-electron chi connectivity index (χ1n) is 4.06. The number of rotatable bonds is 3. The van der Waals surface area contributed by atoms with Crippen LogP contribution in [0, 0.1) is 0 Å². The van der Waals surface area contributed by atoms with Gasteiger partial charge in [-0.25, -0.2) is 4.68 Å². The summed E-state index contributed by atoms with van der Waals surface area (Å²) >= 11 is 0. The molecule has 0 aliphatic rings. The number of ether oxygens (including phenoxy) is 1. The van der Waals surface area contributed by atoms with E-state index in [-0.39, 0.29) is 6.01 Å². The van der Waals surface area contributed by atoms with E-state index in [9.17, 15) is 4.79 Å². The van der Waals surface area contributed by atoms with Gasteiger partial charge in [-0.1, -0.05) is 0 Å². The Morgan fingerprint density at radius 2 is 2.33 bits per heavy atom. The second kappa shape index (κ2) is 3.82. The zero-order valence-corrected chi connectivity index (χ0v) is 7.86. The van der Waals surface area contributed by atoms with Crippen molar-refractivity contribution >= 4 is 6.29 Å². The Balaban J connectivity index is 2.39. The predicted molar refractivity (Wildman–Crippen MR) is 48.9 cm³/mol. The summed E-state index contributed by atoms with van der Waals surface area (Å²) in [5.41, 5.74) is 0.453. The molecule has 0 spiro atoms. The van der Waals surface area contributed by atoms with E-state index in [4.69, 9.17) is 4.74 Å². The number of hydrogen-bond donors (Lipinski definition) is 0. The minimum Gasteiger partial charge on any atom is -0.467 e. The average Bonchev–Trinajstić information content (AvgIpc) is 2.78. The highest BCUT2D eigenvalue weighted by Gasteiger charge is 2.04. The average molecular weight is 205 g/mol. The molecule has 2 rings (SSSR count). The summed E-state index contributed by atoms with van der Waals surface area (Å²) in [6.07, 6.45) is 4.94. The summed E-state index contributed by atoms with van der Waals surface area (Å²) in [6, 6.07) is 0.197. The van der Waals surface area contributed by atoms with Crippen molar-refractivity contribution < 1.29 is 9.53 Å². The molecule has 0 aliphatic heterocycles. The molecule has 2 heterocycles. The van der Waals surface area contributed by atoms with Crippen LogP contribution in [0.1, 0.15) is 10.4 Å². The van der Waals surface area contributed by atoms with Crippen LogP contribution in [0.5, 0.6) is 6.01 Å². The molecule has 7 nitrogen and oxygen atoms in total. The number of aromatic nitrogens is 5. The highest BCUT2D eigenvalue weighted by atomic mass is 16.5. The van der Waals surface area contributed by atoms with Gasteiger partial charge in [-0.15, -0.1) is 0 Å². The monoisotopic (exact) mass is 205 g/mol. The van der Waals surface area contributed by atoms with Gasteiger partial charge in [-0.2, -0.15) is 20.1 Å². The van der Waals surface area contributed by atoms with E-state index in [0.29, 0.717) is 17.8 Å². The van der Waals surface area contributed by atoms with Crippen LogP contribution < -0.4 is 4.74 Å². The molecule has 0 fully saturated rings. The van der Waals surface area contributed by atoms with Gasteiger partial charge in [0.05, 0.1) is 18.9 Å². The maximum Gasteiger partial charge on any atom is 0.320 e. The van der Waals surface area contributed by atoms with Crippen molar-refractivity contribution in [2.45, 2.75) is 0 Å². The minimum atomic E-state index is 0.197. The van der Waals surface area contributed by atoms with Gasteiger partial charge in [0.2, 0.25) is 0 Å². The van der Waals surface area contributed by atoms with Gasteiger partial charge in [0, 0.05) is 6.20 Å². The topological polar surface area (TPSA) is 82.8 Å². The Morgan fingerprint density at radius 3 is 3.00 bits per heavy atom. The SMILES string of the molecule is COc1ncnc(-n2cc(C=O)cn2)n1. The van der Waals surface area contributed by atoms with Crippen LogP contribution in [-0.4, -0.2) is 38.1 Å². The van der Waals surface area contributed by atoms with Crippen molar-refractivity contribution in [3.63, 3.8) is 0 Å². The third-order valence-corrected chi connectivity index (χ3v) is 1.66. The van der Waals surface area contributed by atoms with Crippen LogP contribution in [-0.2, 0) is 0 Å². The summed E-state index contributed by atoms with van der Waals surface area (Å²) in [4.78, 5) is 22.0. The number of methoxy groups -OCH3 is 1. The second-order valence-electron chi connectivity index (χ2n) is 2.61. The number of nitrogens with zero attached hydrogens (tertiary/aromatic N) is 5. The molecule has 7 heteroatoms. The van der Waals surface area contributed by atoms with E-state index >= 15 is 0 Å². The first-order chi connectivity index (χ1) is 7.33. The van der Waals surface area contributed by atoms with Crippen LogP contribution in [0.25, 0.3) is 5.95 Å². The molecule has 0 N–H and O–H groups in total. The zero-order valence-electron chi connectivity index (χ0n) is 7.86. The molecule has 76 valence electrons. The lowest BCUT2D eigenvalue weighted by molar-refractivity contribution is 0.112. The number of aldehydes is 1. The van der Waals surface area contributed by atoms with Crippen LogP contribution in [0.3, 0.4) is 0 Å². The van der Waals surface area contributed by atoms with E-state index in [1.165, 1.54) is 30.5 Å². The number of hydrogen-bond acceptors (Lipinski definition) is 6. The fourth-order valence-corrected chi connectivity index (χ4v) is 0.989. The first kappa shape index (κ1) is 9.25. The quantitative estimate of drug-likeness (QED) is 0.649. The lowest BCUT2D eigenvalue weighted by atomic mass is 10.4. The van der Waals surface area contributed by atoms with Crippen molar-refractivity contribution in [2.75, 3.05) is 7.11 Å². The fourth-order valence-electron chi connectivity index (χ4n) is 0.989. The Bertz CT molecular complexity index is 481. The Hall–Kier alpha value is -2.31. The van der Waals surface area contributed by atoms with Gasteiger partial charge < -0.3 is 4.74 Å². The molecule has 0 atom stereocenters. The predicted octanol–water partition coefficient (Wildman–Crippen LogP) is -0.122. The Kier molecular flexibility index (Phi) is 2.36. The van der Waals surface area contributed by atoms with Gasteiger partial charge in [-0.05, 0) is 0 Å². The molecule has 0 aromatic carbocycles. The number of carbonyl (C=O) groups is 1.